The van der Waals surface area contributed by atoms with Gasteiger partial charge in [-0.05, 0) is 51.8 Å². The van der Waals surface area contributed by atoms with Crippen molar-refractivity contribution in [1.82, 2.24) is 19.9 Å². The van der Waals surface area contributed by atoms with E-state index in [1.807, 2.05) is 17.0 Å². The monoisotopic (exact) mass is 482 g/mol. The number of carbonyl (C=O) groups is 1. The maximum atomic E-state index is 12.5. The molecule has 3 aromatic heterocycles. The SMILES string of the molecule is COc1ccc2c(n1)N(C1CCN(C(C)(C)C)CC1)C(=O)CN2.O=c1[nH]c2cccnc2oc1=O. The van der Waals surface area contributed by atoms with Gasteiger partial charge in [0.15, 0.2) is 5.82 Å². The Morgan fingerprint density at radius 1 is 1.11 bits per heavy atom. The molecule has 3 aromatic rings. The highest BCUT2D eigenvalue weighted by molar-refractivity contribution is 6.02. The van der Waals surface area contributed by atoms with Gasteiger partial charge in [0.25, 0.3) is 0 Å². The number of hydrogen-bond acceptors (Lipinski definition) is 9. The lowest BCUT2D eigenvalue weighted by Gasteiger charge is -2.44. The van der Waals surface area contributed by atoms with Crippen molar-refractivity contribution in [3.05, 3.63) is 51.2 Å². The first-order valence-electron chi connectivity index (χ1n) is 11.5. The van der Waals surface area contributed by atoms with Crippen LogP contribution in [-0.4, -0.2) is 64.1 Å². The number of methoxy groups -OCH3 is 1. The zero-order valence-corrected chi connectivity index (χ0v) is 20.3. The molecule has 5 rings (SSSR count). The summed E-state index contributed by atoms with van der Waals surface area (Å²) in [5, 5.41) is 3.15. The van der Waals surface area contributed by atoms with Crippen LogP contribution in [0.5, 0.6) is 5.88 Å². The number of piperidine rings is 1. The molecular weight excluding hydrogens is 452 g/mol. The maximum Gasteiger partial charge on any atom is 0.403 e. The van der Waals surface area contributed by atoms with E-state index >= 15 is 0 Å². The molecule has 186 valence electrons. The van der Waals surface area contributed by atoms with E-state index in [0.717, 1.165) is 31.6 Å². The Bertz CT molecular complexity index is 1270. The van der Waals surface area contributed by atoms with E-state index < -0.39 is 11.2 Å². The molecule has 35 heavy (non-hydrogen) atoms. The number of pyridine rings is 2. The summed E-state index contributed by atoms with van der Waals surface area (Å²) in [4.78, 5) is 48.9. The number of nitrogens with zero attached hydrogens (tertiary/aromatic N) is 4. The summed E-state index contributed by atoms with van der Waals surface area (Å²) in [7, 11) is 1.60. The molecule has 2 aliphatic rings. The summed E-state index contributed by atoms with van der Waals surface area (Å²) < 4.78 is 9.81. The molecule has 2 N–H and O–H groups in total. The Hall–Kier alpha value is -3.73. The second-order valence-corrected chi connectivity index (χ2v) is 9.43. The normalized spacial score (nSPS) is 16.8. The van der Waals surface area contributed by atoms with Gasteiger partial charge in [-0.15, -0.1) is 0 Å². The molecule has 0 saturated carbocycles. The number of anilines is 2. The molecule has 2 aliphatic heterocycles. The van der Waals surface area contributed by atoms with E-state index in [1.165, 1.54) is 6.20 Å². The lowest BCUT2D eigenvalue weighted by atomic mass is 9.96. The number of amides is 1. The van der Waals surface area contributed by atoms with E-state index in [9.17, 15) is 14.4 Å². The maximum absolute atomic E-state index is 12.5. The molecule has 0 bridgehead atoms. The van der Waals surface area contributed by atoms with Gasteiger partial charge in [0.05, 0.1) is 19.3 Å². The number of fused-ring (bicyclic) bond motifs is 2. The Kier molecular flexibility index (Phi) is 6.88. The lowest BCUT2D eigenvalue weighted by molar-refractivity contribution is -0.118. The van der Waals surface area contributed by atoms with Gasteiger partial charge in [0.2, 0.25) is 17.5 Å². The fraction of sp³-hybridized carbons (Fsp3) is 0.458. The van der Waals surface area contributed by atoms with E-state index in [1.54, 1.807) is 19.2 Å². The van der Waals surface area contributed by atoms with Gasteiger partial charge >= 0.3 is 11.2 Å². The van der Waals surface area contributed by atoms with E-state index in [-0.39, 0.29) is 23.2 Å². The molecule has 1 amide bonds. The minimum atomic E-state index is -0.929. The van der Waals surface area contributed by atoms with Gasteiger partial charge in [-0.1, -0.05) is 0 Å². The highest BCUT2D eigenvalue weighted by Crippen LogP contribution is 2.34. The zero-order chi connectivity index (χ0) is 25.2. The number of hydrogen-bond donors (Lipinski definition) is 2. The van der Waals surface area contributed by atoms with Crippen LogP contribution in [0.4, 0.5) is 11.5 Å². The fourth-order valence-electron chi connectivity index (χ4n) is 4.29. The molecule has 0 atom stereocenters. The van der Waals surface area contributed by atoms with Gasteiger partial charge in [-0.3, -0.25) is 19.4 Å². The van der Waals surface area contributed by atoms with Crippen LogP contribution in [0.2, 0.25) is 0 Å². The lowest BCUT2D eigenvalue weighted by Crippen LogP contribution is -2.54. The highest BCUT2D eigenvalue weighted by atomic mass is 16.5. The average Bonchev–Trinajstić information content (AvgIpc) is 2.84. The second-order valence-electron chi connectivity index (χ2n) is 9.43. The predicted molar refractivity (Wildman–Crippen MR) is 132 cm³/mol. The fourth-order valence-corrected chi connectivity index (χ4v) is 4.29. The van der Waals surface area contributed by atoms with Crippen LogP contribution in [0, 0.1) is 0 Å². The zero-order valence-electron chi connectivity index (χ0n) is 20.3. The Morgan fingerprint density at radius 2 is 1.86 bits per heavy atom. The van der Waals surface area contributed by atoms with Crippen LogP contribution < -0.4 is 26.1 Å². The van der Waals surface area contributed by atoms with Crippen molar-refractivity contribution in [1.29, 1.82) is 0 Å². The van der Waals surface area contributed by atoms with Crippen molar-refractivity contribution in [3.8, 4) is 5.88 Å². The van der Waals surface area contributed by atoms with Crippen LogP contribution in [-0.2, 0) is 4.79 Å². The summed E-state index contributed by atoms with van der Waals surface area (Å²) in [6, 6.07) is 7.21. The number of carbonyl (C=O) groups excluding carboxylic acids is 1. The first-order valence-corrected chi connectivity index (χ1v) is 11.5. The van der Waals surface area contributed by atoms with Crippen molar-refractivity contribution in [2.45, 2.75) is 45.2 Å². The third kappa shape index (κ3) is 5.35. The number of rotatable bonds is 2. The van der Waals surface area contributed by atoms with Crippen LogP contribution in [0.3, 0.4) is 0 Å². The quantitative estimate of drug-likeness (QED) is 0.526. The topological polar surface area (TPSA) is 134 Å². The van der Waals surface area contributed by atoms with Crippen LogP contribution in [0.15, 0.2) is 44.5 Å². The summed E-state index contributed by atoms with van der Waals surface area (Å²) in [6.45, 7) is 9.07. The molecule has 0 unspecified atom stereocenters. The summed E-state index contributed by atoms with van der Waals surface area (Å²) in [6.07, 6.45) is 3.42. The standard InChI is InChI=1S/C17H26N4O2.C7H4N2O3/c1-17(2,3)20-9-7-12(8-10-20)21-15(22)11-18-13-5-6-14(23-4)19-16(13)21;10-5-7(11)12-6-4(9-5)2-1-3-8-6/h5-6,12,18H,7-11H2,1-4H3;1-3H,(H,9,10). The minimum Gasteiger partial charge on any atom is -0.481 e. The van der Waals surface area contributed by atoms with Gasteiger partial charge in [0, 0.05) is 36.9 Å². The molecule has 11 heteroatoms. The van der Waals surface area contributed by atoms with E-state index in [2.05, 4.69) is 50.4 Å². The van der Waals surface area contributed by atoms with Crippen molar-refractivity contribution in [3.63, 3.8) is 0 Å². The molecular formula is C24H30N6O5. The molecule has 0 radical (unpaired) electrons. The number of aromatic amines is 1. The first-order chi connectivity index (χ1) is 16.7. The van der Waals surface area contributed by atoms with Crippen LogP contribution in [0.25, 0.3) is 11.2 Å². The molecule has 0 aromatic carbocycles. The number of ether oxygens (including phenoxy) is 1. The Morgan fingerprint density at radius 3 is 2.54 bits per heavy atom. The van der Waals surface area contributed by atoms with Crippen LogP contribution >= 0.6 is 0 Å². The number of H-pyrrole nitrogens is 1. The summed E-state index contributed by atoms with van der Waals surface area (Å²) >= 11 is 0. The Balaban J connectivity index is 0.000000201. The molecule has 5 heterocycles. The van der Waals surface area contributed by atoms with Gasteiger partial charge in [0.1, 0.15) is 5.52 Å². The van der Waals surface area contributed by atoms with Crippen molar-refractivity contribution < 1.29 is 13.9 Å². The van der Waals surface area contributed by atoms with Crippen molar-refractivity contribution in [2.24, 2.45) is 0 Å². The predicted octanol–water partition coefficient (Wildman–Crippen LogP) is 1.99. The molecule has 0 aliphatic carbocycles. The summed E-state index contributed by atoms with van der Waals surface area (Å²) in [5.74, 6) is 1.33. The van der Waals surface area contributed by atoms with Gasteiger partial charge in [-0.25, -0.2) is 9.78 Å². The number of nitrogens with one attached hydrogen (secondary N) is 2. The largest absolute Gasteiger partial charge is 0.481 e. The third-order valence-electron chi connectivity index (χ3n) is 6.16. The first kappa shape index (κ1) is 24.4. The second kappa shape index (κ2) is 9.87. The van der Waals surface area contributed by atoms with Gasteiger partial charge < -0.3 is 19.5 Å². The van der Waals surface area contributed by atoms with Crippen LogP contribution in [0.1, 0.15) is 33.6 Å². The minimum absolute atomic E-state index is 0.0902. The Labute approximate surface area is 202 Å². The molecule has 1 saturated heterocycles. The molecule has 1 fully saturated rings. The van der Waals surface area contributed by atoms with E-state index in [4.69, 9.17) is 4.74 Å². The highest BCUT2D eigenvalue weighted by Gasteiger charge is 2.36. The molecule has 0 spiro atoms. The smallest absolute Gasteiger partial charge is 0.403 e. The number of aromatic nitrogens is 3. The molecule has 11 nitrogen and oxygen atoms in total. The average molecular weight is 483 g/mol. The number of likely N-dealkylation sites (tertiary alicyclic amines) is 1. The third-order valence-corrected chi connectivity index (χ3v) is 6.16. The summed E-state index contributed by atoms with van der Waals surface area (Å²) in [5.41, 5.74) is -0.0535. The van der Waals surface area contributed by atoms with Crippen molar-refractivity contribution >= 4 is 28.6 Å². The van der Waals surface area contributed by atoms with Gasteiger partial charge in [-0.2, -0.15) is 4.98 Å². The van der Waals surface area contributed by atoms with E-state index in [0.29, 0.717) is 23.8 Å². The van der Waals surface area contributed by atoms with Crippen molar-refractivity contribution in [2.75, 3.05) is 37.0 Å².